The van der Waals surface area contributed by atoms with Crippen LogP contribution in [0.5, 0.6) is 0 Å². The summed E-state index contributed by atoms with van der Waals surface area (Å²) in [5.41, 5.74) is -0.400. The molecule has 0 aliphatic carbocycles. The van der Waals surface area contributed by atoms with Crippen molar-refractivity contribution in [3.63, 3.8) is 0 Å². The van der Waals surface area contributed by atoms with Gasteiger partial charge in [0.2, 0.25) is 0 Å². The maximum absolute atomic E-state index is 12.1. The van der Waals surface area contributed by atoms with E-state index in [-0.39, 0.29) is 24.3 Å². The van der Waals surface area contributed by atoms with Crippen molar-refractivity contribution in [3.05, 3.63) is 29.6 Å². The second-order valence-corrected chi connectivity index (χ2v) is 5.71. The van der Waals surface area contributed by atoms with E-state index in [1.165, 1.54) is 18.5 Å². The molecule has 0 bridgehead atoms. The van der Waals surface area contributed by atoms with Crippen LogP contribution in [0.1, 0.15) is 47.9 Å². The number of aromatic nitrogens is 1. The zero-order valence-electron chi connectivity index (χ0n) is 11.4. The van der Waals surface area contributed by atoms with Crippen molar-refractivity contribution in [1.29, 1.82) is 0 Å². The predicted molar refractivity (Wildman–Crippen MR) is 69.7 cm³/mol. The fourth-order valence-electron chi connectivity index (χ4n) is 2.56. The molecule has 1 aliphatic heterocycles. The molecule has 1 aliphatic rings. The summed E-state index contributed by atoms with van der Waals surface area (Å²) in [5, 5.41) is 10.3. The molecule has 102 valence electrons. The predicted octanol–water partition coefficient (Wildman–Crippen LogP) is 1.47. The fourth-order valence-corrected chi connectivity index (χ4v) is 2.56. The number of carbonyl (C=O) groups is 2. The Morgan fingerprint density at radius 2 is 1.95 bits per heavy atom. The second-order valence-electron chi connectivity index (χ2n) is 5.71. The number of hydrogen-bond donors (Lipinski definition) is 1. The number of pyridine rings is 1. The first-order valence-electron chi connectivity index (χ1n) is 6.34. The molecule has 5 heteroatoms. The summed E-state index contributed by atoms with van der Waals surface area (Å²) in [5.74, 6) is -0.449. The molecule has 1 atom stereocenters. The van der Waals surface area contributed by atoms with Gasteiger partial charge in [-0.15, -0.1) is 0 Å². The Balaban J connectivity index is 2.21. The number of rotatable bonds is 4. The van der Waals surface area contributed by atoms with Gasteiger partial charge in [-0.25, -0.2) is 0 Å². The topological polar surface area (TPSA) is 70.5 Å². The number of β-amino-alcohol motifs (C(OH)–C–C–N with tert-alkyl or cyclic N) is 1. The van der Waals surface area contributed by atoms with Crippen LogP contribution < -0.4 is 0 Å². The highest BCUT2D eigenvalue weighted by atomic mass is 16.3. The van der Waals surface area contributed by atoms with E-state index in [4.69, 9.17) is 0 Å². The van der Waals surface area contributed by atoms with Crippen molar-refractivity contribution in [2.45, 2.75) is 32.8 Å². The minimum absolute atomic E-state index is 0.0114. The third kappa shape index (κ3) is 2.66. The van der Waals surface area contributed by atoms with Crippen molar-refractivity contribution in [3.8, 4) is 0 Å². The maximum atomic E-state index is 12.1. The first kappa shape index (κ1) is 13.7. The van der Waals surface area contributed by atoms with Gasteiger partial charge in [-0.1, -0.05) is 13.8 Å². The largest absolute Gasteiger partial charge is 0.388 e. The molecular weight excluding hydrogens is 244 g/mol. The first-order chi connectivity index (χ1) is 8.82. The minimum atomic E-state index is -1.07. The second kappa shape index (κ2) is 4.74. The van der Waals surface area contributed by atoms with Crippen LogP contribution in [0.4, 0.5) is 0 Å². The molecule has 1 aromatic heterocycles. The zero-order valence-corrected chi connectivity index (χ0v) is 11.4. The zero-order chi connectivity index (χ0) is 14.2. The molecule has 2 amide bonds. The Bertz CT molecular complexity index is 488. The summed E-state index contributed by atoms with van der Waals surface area (Å²) in [6.07, 6.45) is 3.41. The van der Waals surface area contributed by atoms with E-state index in [0.29, 0.717) is 17.5 Å². The molecule has 5 nitrogen and oxygen atoms in total. The number of hydrogen-bond acceptors (Lipinski definition) is 4. The van der Waals surface area contributed by atoms with Crippen LogP contribution in [0.15, 0.2) is 18.5 Å². The number of aliphatic hydroxyl groups is 1. The highest BCUT2D eigenvalue weighted by Gasteiger charge is 2.39. The number of nitrogens with zero attached hydrogens (tertiary/aromatic N) is 2. The summed E-state index contributed by atoms with van der Waals surface area (Å²) in [7, 11) is 0. The minimum Gasteiger partial charge on any atom is -0.388 e. The van der Waals surface area contributed by atoms with Gasteiger partial charge in [0.25, 0.3) is 11.8 Å². The van der Waals surface area contributed by atoms with Gasteiger partial charge in [-0.2, -0.15) is 0 Å². The summed E-state index contributed by atoms with van der Waals surface area (Å²) in [4.78, 5) is 29.2. The Hall–Kier alpha value is -1.75. The van der Waals surface area contributed by atoms with Crippen molar-refractivity contribution >= 4 is 11.8 Å². The number of amides is 2. The summed E-state index contributed by atoms with van der Waals surface area (Å²) >= 11 is 0. The lowest BCUT2D eigenvalue weighted by Crippen LogP contribution is -2.44. The highest BCUT2D eigenvalue weighted by Crippen LogP contribution is 2.25. The van der Waals surface area contributed by atoms with Gasteiger partial charge < -0.3 is 5.11 Å². The quantitative estimate of drug-likeness (QED) is 0.834. The van der Waals surface area contributed by atoms with Gasteiger partial charge in [-0.05, 0) is 25.3 Å². The smallest absolute Gasteiger partial charge is 0.263 e. The Labute approximate surface area is 112 Å². The average Bonchev–Trinajstić information content (AvgIpc) is 2.53. The Morgan fingerprint density at radius 3 is 2.53 bits per heavy atom. The van der Waals surface area contributed by atoms with Gasteiger partial charge in [0.05, 0.1) is 23.3 Å². The van der Waals surface area contributed by atoms with Gasteiger partial charge in [0.15, 0.2) is 0 Å². The SMILES string of the molecule is CC(C)CC(C)(O)CN1C(=O)c2ccncc2C1=O. The number of fused-ring (bicyclic) bond motifs is 1. The van der Waals surface area contributed by atoms with E-state index in [2.05, 4.69) is 4.98 Å². The van der Waals surface area contributed by atoms with Gasteiger partial charge in [0.1, 0.15) is 0 Å². The van der Waals surface area contributed by atoms with E-state index in [9.17, 15) is 14.7 Å². The normalized spacial score (nSPS) is 17.8. The molecular formula is C14H18N2O3. The van der Waals surface area contributed by atoms with Crippen LogP contribution in [0.25, 0.3) is 0 Å². The van der Waals surface area contributed by atoms with Crippen molar-refractivity contribution < 1.29 is 14.7 Å². The lowest BCUT2D eigenvalue weighted by atomic mass is 9.94. The molecule has 0 fully saturated rings. The van der Waals surface area contributed by atoms with E-state index in [1.807, 2.05) is 13.8 Å². The summed E-state index contributed by atoms with van der Waals surface area (Å²) < 4.78 is 0. The molecule has 1 aromatic rings. The summed E-state index contributed by atoms with van der Waals surface area (Å²) in [6, 6.07) is 1.53. The average molecular weight is 262 g/mol. The van der Waals surface area contributed by atoms with Crippen LogP contribution in [0, 0.1) is 5.92 Å². The lowest BCUT2D eigenvalue weighted by Gasteiger charge is -2.29. The van der Waals surface area contributed by atoms with Gasteiger partial charge in [0, 0.05) is 12.4 Å². The van der Waals surface area contributed by atoms with E-state index in [0.717, 1.165) is 4.90 Å². The third-order valence-electron chi connectivity index (χ3n) is 3.12. The maximum Gasteiger partial charge on any atom is 0.263 e. The van der Waals surface area contributed by atoms with Gasteiger partial charge in [-0.3, -0.25) is 19.5 Å². The third-order valence-corrected chi connectivity index (χ3v) is 3.12. The van der Waals surface area contributed by atoms with Crippen molar-refractivity contribution in [2.24, 2.45) is 5.92 Å². The highest BCUT2D eigenvalue weighted by molar-refractivity contribution is 6.21. The van der Waals surface area contributed by atoms with Crippen LogP contribution in [0.2, 0.25) is 0 Å². The van der Waals surface area contributed by atoms with Crippen LogP contribution in [-0.4, -0.2) is 39.0 Å². The molecule has 0 aromatic carbocycles. The molecule has 0 spiro atoms. The lowest BCUT2D eigenvalue weighted by molar-refractivity contribution is 0.00697. The van der Waals surface area contributed by atoms with Crippen molar-refractivity contribution in [2.75, 3.05) is 6.54 Å². The first-order valence-corrected chi connectivity index (χ1v) is 6.34. The molecule has 1 N–H and O–H groups in total. The van der Waals surface area contributed by atoms with Crippen LogP contribution >= 0.6 is 0 Å². The monoisotopic (exact) mass is 262 g/mol. The standard InChI is InChI=1S/C14H18N2O3/c1-9(2)6-14(3,19)8-16-12(17)10-4-5-15-7-11(10)13(16)18/h4-5,7,9,19H,6,8H2,1-3H3. The molecule has 1 unspecified atom stereocenters. The molecule has 2 rings (SSSR count). The molecule has 0 saturated heterocycles. The van der Waals surface area contributed by atoms with Crippen LogP contribution in [-0.2, 0) is 0 Å². The van der Waals surface area contributed by atoms with E-state index in [1.54, 1.807) is 6.92 Å². The molecule has 0 saturated carbocycles. The summed E-state index contributed by atoms with van der Waals surface area (Å²) in [6.45, 7) is 5.63. The molecule has 19 heavy (non-hydrogen) atoms. The molecule has 0 radical (unpaired) electrons. The van der Waals surface area contributed by atoms with Crippen molar-refractivity contribution in [1.82, 2.24) is 9.88 Å². The number of imide groups is 1. The Morgan fingerprint density at radius 1 is 1.32 bits per heavy atom. The van der Waals surface area contributed by atoms with E-state index >= 15 is 0 Å². The fraction of sp³-hybridized carbons (Fsp3) is 0.500. The van der Waals surface area contributed by atoms with Gasteiger partial charge >= 0.3 is 0 Å². The Kier molecular flexibility index (Phi) is 3.41. The molecule has 2 heterocycles. The number of carbonyl (C=O) groups excluding carboxylic acids is 2. The van der Waals surface area contributed by atoms with Crippen LogP contribution in [0.3, 0.4) is 0 Å². The van der Waals surface area contributed by atoms with E-state index < -0.39 is 5.60 Å².